The van der Waals surface area contributed by atoms with Gasteiger partial charge in [-0.2, -0.15) is 0 Å². The fourth-order valence-corrected chi connectivity index (χ4v) is 4.17. The maximum Gasteiger partial charge on any atom is 0.343 e. The van der Waals surface area contributed by atoms with Crippen molar-refractivity contribution in [3.05, 3.63) is 56.4 Å². The van der Waals surface area contributed by atoms with Gasteiger partial charge in [0.05, 0.1) is 12.1 Å². The van der Waals surface area contributed by atoms with Gasteiger partial charge in [0.2, 0.25) is 5.91 Å². The van der Waals surface area contributed by atoms with E-state index >= 15 is 0 Å². The number of nitrogens with zero attached hydrogens (tertiary/aromatic N) is 3. The first-order valence-corrected chi connectivity index (χ1v) is 10.00. The average Bonchev–Trinajstić information content (AvgIpc) is 3.21. The van der Waals surface area contributed by atoms with Gasteiger partial charge in [-0.15, -0.1) is 16.4 Å². The predicted molar refractivity (Wildman–Crippen MR) is 104 cm³/mol. The second-order valence-electron chi connectivity index (χ2n) is 5.62. The van der Waals surface area contributed by atoms with Gasteiger partial charge in [-0.25, -0.2) is 14.9 Å². The summed E-state index contributed by atoms with van der Waals surface area (Å²) in [5.41, 5.74) is 2.51. The number of thiazole rings is 1. The molecule has 0 aliphatic rings. The molecular weight excluding hydrogens is 370 g/mol. The van der Waals surface area contributed by atoms with E-state index in [1.54, 1.807) is 4.57 Å². The van der Waals surface area contributed by atoms with Crippen molar-refractivity contribution in [2.45, 2.75) is 37.7 Å². The maximum atomic E-state index is 12.2. The minimum atomic E-state index is -0.207. The van der Waals surface area contributed by atoms with Gasteiger partial charge in [-0.3, -0.25) is 9.36 Å². The highest BCUT2D eigenvalue weighted by atomic mass is 32.2. The molecule has 0 radical (unpaired) electrons. The van der Waals surface area contributed by atoms with Crippen molar-refractivity contribution < 1.29 is 4.79 Å². The van der Waals surface area contributed by atoms with Crippen molar-refractivity contribution in [2.75, 3.05) is 5.32 Å². The number of rotatable bonds is 7. The summed E-state index contributed by atoms with van der Waals surface area (Å²) in [6.45, 7) is 4.42. The molecule has 2 aromatic heterocycles. The van der Waals surface area contributed by atoms with Crippen LogP contribution in [0.1, 0.15) is 23.2 Å². The molecule has 3 rings (SSSR count). The van der Waals surface area contributed by atoms with Gasteiger partial charge in [0.25, 0.3) is 0 Å². The number of para-hydroxylation sites is 1. The number of hydrogen-bond acceptors (Lipinski definition) is 6. The molecule has 2 N–H and O–H groups in total. The molecule has 0 fully saturated rings. The first-order valence-electron chi connectivity index (χ1n) is 8.13. The van der Waals surface area contributed by atoms with Gasteiger partial charge in [0.15, 0.2) is 5.16 Å². The van der Waals surface area contributed by atoms with Crippen molar-refractivity contribution in [1.82, 2.24) is 19.7 Å². The van der Waals surface area contributed by atoms with Crippen LogP contribution >= 0.6 is 23.1 Å². The van der Waals surface area contributed by atoms with Crippen LogP contribution in [0.4, 0.5) is 5.69 Å². The monoisotopic (exact) mass is 389 g/mol. The highest BCUT2D eigenvalue weighted by Crippen LogP contribution is 2.21. The fourth-order valence-electron chi connectivity index (χ4n) is 2.37. The lowest BCUT2D eigenvalue weighted by molar-refractivity contribution is -0.115. The van der Waals surface area contributed by atoms with E-state index in [0.717, 1.165) is 22.0 Å². The number of aromatic nitrogens is 4. The van der Waals surface area contributed by atoms with Crippen LogP contribution in [0.5, 0.6) is 0 Å². The summed E-state index contributed by atoms with van der Waals surface area (Å²) in [7, 11) is 0. The standard InChI is InChI=1S/C17H19N5O2S2/c1-3-22-16(24)20-21-17(22)26-10-12-9-25-15(18-12)8-14(23)19-13-7-5-4-6-11(13)2/h4-7,9H,3,8,10H2,1-2H3,(H,19,23)(H,20,24). The summed E-state index contributed by atoms with van der Waals surface area (Å²) in [6, 6.07) is 7.67. The third kappa shape index (κ3) is 4.41. The van der Waals surface area contributed by atoms with E-state index in [9.17, 15) is 9.59 Å². The molecule has 0 atom stereocenters. The van der Waals surface area contributed by atoms with E-state index in [0.29, 0.717) is 17.5 Å². The summed E-state index contributed by atoms with van der Waals surface area (Å²) in [6.07, 6.45) is 0.242. The molecule has 7 nitrogen and oxygen atoms in total. The molecule has 1 aromatic carbocycles. The zero-order valence-corrected chi connectivity index (χ0v) is 16.1. The highest BCUT2D eigenvalue weighted by molar-refractivity contribution is 7.98. The van der Waals surface area contributed by atoms with Crippen LogP contribution in [0.2, 0.25) is 0 Å². The average molecular weight is 390 g/mol. The van der Waals surface area contributed by atoms with Crippen LogP contribution in [0.15, 0.2) is 39.6 Å². The van der Waals surface area contributed by atoms with Gasteiger partial charge in [-0.1, -0.05) is 30.0 Å². The number of carbonyl (C=O) groups excluding carboxylic acids is 1. The molecule has 0 saturated carbocycles. The summed E-state index contributed by atoms with van der Waals surface area (Å²) >= 11 is 2.91. The van der Waals surface area contributed by atoms with E-state index < -0.39 is 0 Å². The van der Waals surface area contributed by atoms with E-state index in [-0.39, 0.29) is 18.0 Å². The number of carbonyl (C=O) groups is 1. The van der Waals surface area contributed by atoms with Crippen LogP contribution in [-0.2, 0) is 23.5 Å². The van der Waals surface area contributed by atoms with Crippen molar-refractivity contribution >= 4 is 34.7 Å². The topological polar surface area (TPSA) is 92.7 Å². The van der Waals surface area contributed by atoms with Crippen LogP contribution < -0.4 is 11.0 Å². The smallest absolute Gasteiger partial charge is 0.325 e. The quantitative estimate of drug-likeness (QED) is 0.606. The Morgan fingerprint density at radius 2 is 2.19 bits per heavy atom. The van der Waals surface area contributed by atoms with Gasteiger partial charge < -0.3 is 5.32 Å². The summed E-state index contributed by atoms with van der Waals surface area (Å²) in [5, 5.41) is 12.7. The van der Waals surface area contributed by atoms with E-state index in [4.69, 9.17) is 0 Å². The van der Waals surface area contributed by atoms with Crippen molar-refractivity contribution in [1.29, 1.82) is 0 Å². The lowest BCUT2D eigenvalue weighted by Crippen LogP contribution is -2.16. The van der Waals surface area contributed by atoms with Crippen molar-refractivity contribution in [3.8, 4) is 0 Å². The number of aromatic amines is 1. The SMILES string of the molecule is CCn1c(SCc2csc(CC(=O)Nc3ccccc3C)n2)n[nH]c1=O. The Bertz CT molecular complexity index is 960. The molecule has 0 unspecified atom stereocenters. The number of aryl methyl sites for hydroxylation is 1. The molecule has 0 saturated heterocycles. The predicted octanol–water partition coefficient (Wildman–Crippen LogP) is 2.83. The summed E-state index contributed by atoms with van der Waals surface area (Å²) < 4.78 is 1.58. The Morgan fingerprint density at radius 3 is 2.96 bits per heavy atom. The van der Waals surface area contributed by atoms with Crippen molar-refractivity contribution in [3.63, 3.8) is 0 Å². The third-order valence-corrected chi connectivity index (χ3v) is 5.63. The molecule has 0 aliphatic heterocycles. The zero-order chi connectivity index (χ0) is 18.5. The number of hydrogen-bond donors (Lipinski definition) is 2. The molecule has 136 valence electrons. The number of thioether (sulfide) groups is 1. The molecule has 0 bridgehead atoms. The van der Waals surface area contributed by atoms with E-state index in [1.165, 1.54) is 23.1 Å². The largest absolute Gasteiger partial charge is 0.343 e. The second-order valence-corrected chi connectivity index (χ2v) is 7.50. The normalized spacial score (nSPS) is 10.8. The number of anilines is 1. The summed E-state index contributed by atoms with van der Waals surface area (Å²) in [5.74, 6) is 0.514. The minimum Gasteiger partial charge on any atom is -0.325 e. The van der Waals surface area contributed by atoms with E-state index in [1.807, 2.05) is 43.5 Å². The van der Waals surface area contributed by atoms with E-state index in [2.05, 4.69) is 20.5 Å². The number of amides is 1. The van der Waals surface area contributed by atoms with Crippen molar-refractivity contribution in [2.24, 2.45) is 0 Å². The lowest BCUT2D eigenvalue weighted by Gasteiger charge is -2.06. The minimum absolute atomic E-state index is 0.0834. The Labute approximate surface area is 158 Å². The fraction of sp³-hybridized carbons (Fsp3) is 0.294. The van der Waals surface area contributed by atoms with Crippen LogP contribution in [0.25, 0.3) is 0 Å². The molecule has 0 spiro atoms. The molecule has 26 heavy (non-hydrogen) atoms. The maximum absolute atomic E-state index is 12.2. The van der Waals surface area contributed by atoms with Gasteiger partial charge in [0, 0.05) is 23.4 Å². The molecule has 3 aromatic rings. The Balaban J connectivity index is 1.57. The number of H-pyrrole nitrogens is 1. The van der Waals surface area contributed by atoms with Crippen LogP contribution in [0, 0.1) is 6.92 Å². The van der Waals surface area contributed by atoms with Gasteiger partial charge in [-0.05, 0) is 25.5 Å². The zero-order valence-electron chi connectivity index (χ0n) is 14.5. The Kier molecular flexibility index (Phi) is 5.89. The second kappa shape index (κ2) is 8.33. The molecule has 2 heterocycles. The third-order valence-electron chi connectivity index (χ3n) is 3.72. The first-order chi connectivity index (χ1) is 12.6. The lowest BCUT2D eigenvalue weighted by atomic mass is 10.2. The van der Waals surface area contributed by atoms with Gasteiger partial charge >= 0.3 is 5.69 Å². The molecule has 1 amide bonds. The van der Waals surface area contributed by atoms with Crippen LogP contribution in [0.3, 0.4) is 0 Å². The first kappa shape index (κ1) is 18.4. The highest BCUT2D eigenvalue weighted by Gasteiger charge is 2.12. The number of benzene rings is 1. The molecule has 9 heteroatoms. The Morgan fingerprint density at radius 1 is 1.38 bits per heavy atom. The Hall–Kier alpha value is -2.39. The summed E-state index contributed by atoms with van der Waals surface area (Å²) in [4.78, 5) is 28.3. The van der Waals surface area contributed by atoms with Crippen LogP contribution in [-0.4, -0.2) is 25.7 Å². The van der Waals surface area contributed by atoms with Gasteiger partial charge in [0.1, 0.15) is 5.01 Å². The molecule has 0 aliphatic carbocycles. The molecular formula is C17H19N5O2S2. The number of nitrogens with one attached hydrogen (secondary N) is 2.